The van der Waals surface area contributed by atoms with Gasteiger partial charge in [-0.1, -0.05) is 55.7 Å². The Hall–Kier alpha value is -1.08. The van der Waals surface area contributed by atoms with Gasteiger partial charge in [-0.05, 0) is 51.1 Å². The molecule has 0 aliphatic carbocycles. The first kappa shape index (κ1) is 17.0. The van der Waals surface area contributed by atoms with Crippen molar-refractivity contribution in [2.75, 3.05) is 6.54 Å². The van der Waals surface area contributed by atoms with Crippen LogP contribution in [-0.4, -0.2) is 12.6 Å². The third kappa shape index (κ3) is 7.49. The van der Waals surface area contributed by atoms with E-state index in [0.717, 1.165) is 13.0 Å². The van der Waals surface area contributed by atoms with E-state index in [2.05, 4.69) is 50.0 Å². The summed E-state index contributed by atoms with van der Waals surface area (Å²) in [5.74, 6) is 0. The van der Waals surface area contributed by atoms with Crippen molar-refractivity contribution in [2.24, 2.45) is 0 Å². The summed E-state index contributed by atoms with van der Waals surface area (Å²) in [6.07, 6.45) is 10.9. The predicted octanol–water partition coefficient (Wildman–Crippen LogP) is 5.04. The van der Waals surface area contributed by atoms with Crippen LogP contribution in [0.15, 0.2) is 36.9 Å². The molecule has 0 bridgehead atoms. The van der Waals surface area contributed by atoms with Crippen LogP contribution >= 0.6 is 0 Å². The summed E-state index contributed by atoms with van der Waals surface area (Å²) in [6.45, 7) is 9.21. The fourth-order valence-corrected chi connectivity index (χ4v) is 2.59. The fourth-order valence-electron chi connectivity index (χ4n) is 2.59. The summed E-state index contributed by atoms with van der Waals surface area (Å²) in [5, 5.41) is 3.63. The van der Waals surface area contributed by atoms with Crippen LogP contribution in [0.2, 0.25) is 0 Å². The maximum absolute atomic E-state index is 3.78. The Balaban J connectivity index is 2.27. The van der Waals surface area contributed by atoms with Crippen LogP contribution in [0.4, 0.5) is 0 Å². The normalized spacial score (nSPS) is 12.3. The SMILES string of the molecule is C=CCCCCCC(CCc1ccc(C)cc1)NCC. The Morgan fingerprint density at radius 3 is 2.50 bits per heavy atom. The Labute approximate surface area is 125 Å². The first-order chi connectivity index (χ1) is 9.76. The summed E-state index contributed by atoms with van der Waals surface area (Å²) in [7, 11) is 0. The van der Waals surface area contributed by atoms with Crippen LogP contribution in [0.5, 0.6) is 0 Å². The van der Waals surface area contributed by atoms with Gasteiger partial charge in [0.15, 0.2) is 0 Å². The molecule has 1 atom stereocenters. The minimum atomic E-state index is 0.671. The lowest BCUT2D eigenvalue weighted by atomic mass is 9.99. The highest BCUT2D eigenvalue weighted by molar-refractivity contribution is 5.21. The number of hydrogen-bond donors (Lipinski definition) is 1. The van der Waals surface area contributed by atoms with Gasteiger partial charge in [0.2, 0.25) is 0 Å². The predicted molar refractivity (Wildman–Crippen MR) is 90.2 cm³/mol. The molecule has 0 fully saturated rings. The van der Waals surface area contributed by atoms with Crippen molar-refractivity contribution in [3.63, 3.8) is 0 Å². The molecule has 0 amide bonds. The van der Waals surface area contributed by atoms with Crippen molar-refractivity contribution in [3.05, 3.63) is 48.0 Å². The van der Waals surface area contributed by atoms with E-state index in [9.17, 15) is 0 Å². The van der Waals surface area contributed by atoms with E-state index in [4.69, 9.17) is 0 Å². The van der Waals surface area contributed by atoms with Gasteiger partial charge in [-0.3, -0.25) is 0 Å². The molecule has 0 aromatic heterocycles. The molecule has 1 unspecified atom stereocenters. The van der Waals surface area contributed by atoms with Gasteiger partial charge in [0.05, 0.1) is 0 Å². The lowest BCUT2D eigenvalue weighted by Crippen LogP contribution is -2.29. The molecule has 1 rings (SSSR count). The highest BCUT2D eigenvalue weighted by Crippen LogP contribution is 2.12. The van der Waals surface area contributed by atoms with Crippen LogP contribution in [-0.2, 0) is 6.42 Å². The van der Waals surface area contributed by atoms with E-state index in [1.54, 1.807) is 0 Å². The molecular formula is C19H31N. The third-order valence-corrected chi connectivity index (χ3v) is 3.86. The maximum atomic E-state index is 3.78. The molecule has 0 radical (unpaired) electrons. The number of rotatable bonds is 11. The Bertz CT molecular complexity index is 353. The molecule has 0 aliphatic rings. The zero-order chi connectivity index (χ0) is 14.6. The van der Waals surface area contributed by atoms with Crippen molar-refractivity contribution in [1.29, 1.82) is 0 Å². The van der Waals surface area contributed by atoms with Crippen LogP contribution in [0.1, 0.15) is 56.6 Å². The van der Waals surface area contributed by atoms with Gasteiger partial charge < -0.3 is 5.32 Å². The van der Waals surface area contributed by atoms with E-state index >= 15 is 0 Å². The second-order valence-corrected chi connectivity index (χ2v) is 5.71. The van der Waals surface area contributed by atoms with E-state index in [-0.39, 0.29) is 0 Å². The largest absolute Gasteiger partial charge is 0.314 e. The molecule has 1 aromatic rings. The number of hydrogen-bond acceptors (Lipinski definition) is 1. The van der Waals surface area contributed by atoms with Crippen LogP contribution in [0, 0.1) is 6.92 Å². The Kier molecular flexibility index (Phi) is 9.06. The van der Waals surface area contributed by atoms with Gasteiger partial charge >= 0.3 is 0 Å². The summed E-state index contributed by atoms with van der Waals surface area (Å²) >= 11 is 0. The highest BCUT2D eigenvalue weighted by atomic mass is 14.9. The molecule has 0 aliphatic heterocycles. The molecule has 0 spiro atoms. The summed E-state index contributed by atoms with van der Waals surface area (Å²) in [4.78, 5) is 0. The highest BCUT2D eigenvalue weighted by Gasteiger charge is 2.07. The van der Waals surface area contributed by atoms with Crippen molar-refractivity contribution in [2.45, 2.75) is 64.8 Å². The summed E-state index contributed by atoms with van der Waals surface area (Å²) in [6, 6.07) is 9.63. The molecule has 20 heavy (non-hydrogen) atoms. The number of benzene rings is 1. The smallest absolute Gasteiger partial charge is 0.00701 e. The van der Waals surface area contributed by atoms with Crippen molar-refractivity contribution in [1.82, 2.24) is 5.32 Å². The van der Waals surface area contributed by atoms with Gasteiger partial charge in [0.25, 0.3) is 0 Å². The van der Waals surface area contributed by atoms with Crippen LogP contribution < -0.4 is 5.32 Å². The number of nitrogens with one attached hydrogen (secondary N) is 1. The molecule has 112 valence electrons. The molecule has 0 heterocycles. The van der Waals surface area contributed by atoms with Crippen LogP contribution in [0.25, 0.3) is 0 Å². The van der Waals surface area contributed by atoms with Crippen molar-refractivity contribution < 1.29 is 0 Å². The zero-order valence-electron chi connectivity index (χ0n) is 13.3. The Morgan fingerprint density at radius 1 is 1.10 bits per heavy atom. The minimum Gasteiger partial charge on any atom is -0.314 e. The van der Waals surface area contributed by atoms with E-state index in [1.165, 1.54) is 49.7 Å². The fraction of sp³-hybridized carbons (Fsp3) is 0.579. The minimum absolute atomic E-state index is 0.671. The maximum Gasteiger partial charge on any atom is 0.00701 e. The molecule has 1 heteroatoms. The first-order valence-electron chi connectivity index (χ1n) is 8.16. The molecule has 1 N–H and O–H groups in total. The van der Waals surface area contributed by atoms with E-state index < -0.39 is 0 Å². The zero-order valence-corrected chi connectivity index (χ0v) is 13.3. The quantitative estimate of drug-likeness (QED) is 0.440. The van der Waals surface area contributed by atoms with Gasteiger partial charge in [-0.25, -0.2) is 0 Å². The summed E-state index contributed by atoms with van der Waals surface area (Å²) < 4.78 is 0. The number of allylic oxidation sites excluding steroid dienone is 1. The van der Waals surface area contributed by atoms with Gasteiger partial charge in [0, 0.05) is 6.04 Å². The third-order valence-electron chi connectivity index (χ3n) is 3.86. The molecule has 0 saturated carbocycles. The molecule has 1 nitrogen and oxygen atoms in total. The summed E-state index contributed by atoms with van der Waals surface area (Å²) in [5.41, 5.74) is 2.81. The van der Waals surface area contributed by atoms with Gasteiger partial charge in [-0.2, -0.15) is 0 Å². The standard InChI is InChI=1S/C19H31N/c1-4-6-7-8-9-10-19(20-5-2)16-15-18-13-11-17(3)12-14-18/h4,11-14,19-20H,1,5-10,15-16H2,2-3H3. The monoisotopic (exact) mass is 273 g/mol. The number of aryl methyl sites for hydroxylation is 2. The van der Waals surface area contributed by atoms with Crippen molar-refractivity contribution >= 4 is 0 Å². The van der Waals surface area contributed by atoms with Gasteiger partial charge in [-0.15, -0.1) is 6.58 Å². The molecule has 1 aromatic carbocycles. The van der Waals surface area contributed by atoms with Crippen molar-refractivity contribution in [3.8, 4) is 0 Å². The lowest BCUT2D eigenvalue weighted by Gasteiger charge is -2.18. The second-order valence-electron chi connectivity index (χ2n) is 5.71. The average molecular weight is 273 g/mol. The number of unbranched alkanes of at least 4 members (excludes halogenated alkanes) is 3. The molecular weight excluding hydrogens is 242 g/mol. The first-order valence-corrected chi connectivity index (χ1v) is 8.16. The van der Waals surface area contributed by atoms with Crippen LogP contribution in [0.3, 0.4) is 0 Å². The van der Waals surface area contributed by atoms with E-state index in [1.807, 2.05) is 6.08 Å². The topological polar surface area (TPSA) is 12.0 Å². The van der Waals surface area contributed by atoms with E-state index in [0.29, 0.717) is 6.04 Å². The Morgan fingerprint density at radius 2 is 1.85 bits per heavy atom. The second kappa shape index (κ2) is 10.7. The lowest BCUT2D eigenvalue weighted by molar-refractivity contribution is 0.442. The van der Waals surface area contributed by atoms with Gasteiger partial charge in [0.1, 0.15) is 0 Å². The average Bonchev–Trinajstić information content (AvgIpc) is 2.46. The molecule has 0 saturated heterocycles.